The van der Waals surface area contributed by atoms with Gasteiger partial charge >= 0.3 is 0 Å². The van der Waals surface area contributed by atoms with Crippen LogP contribution in [0.15, 0.2) is 118 Å². The number of azo groups is 1. The molecule has 0 aliphatic heterocycles. The monoisotopic (exact) mass is 480 g/mol. The topological polar surface area (TPSA) is 118 Å². The van der Waals surface area contributed by atoms with Gasteiger partial charge in [0.1, 0.15) is 16.3 Å². The van der Waals surface area contributed by atoms with Crippen molar-refractivity contribution in [1.29, 1.82) is 0 Å². The van der Waals surface area contributed by atoms with Crippen LogP contribution in [0.1, 0.15) is 0 Å². The molecule has 3 N–H and O–H groups in total. The molecule has 0 bridgehead atoms. The predicted octanol–water partition coefficient (Wildman–Crippen LogP) is 6.81. The molecule has 0 unspecified atom stereocenters. The van der Waals surface area contributed by atoms with Gasteiger partial charge in [0, 0.05) is 21.9 Å². The van der Waals surface area contributed by atoms with Gasteiger partial charge in [-0.3, -0.25) is 9.54 Å². The van der Waals surface area contributed by atoms with E-state index >= 15 is 0 Å². The Hall–Kier alpha value is -4.40. The van der Waals surface area contributed by atoms with Crippen LogP contribution in [0.3, 0.4) is 0 Å². The molecular formula is C27H20N4O3S. The third kappa shape index (κ3) is 4.52. The minimum absolute atomic E-state index is 0.129. The van der Waals surface area contributed by atoms with Crippen LogP contribution < -0.4 is 5.73 Å². The number of hydrogen-bond acceptors (Lipinski definition) is 6. The van der Waals surface area contributed by atoms with Crippen LogP contribution in [0.2, 0.25) is 0 Å². The number of pyridine rings is 1. The molecule has 8 heteroatoms. The van der Waals surface area contributed by atoms with E-state index in [9.17, 15) is 13.0 Å². The minimum Gasteiger partial charge on any atom is -0.396 e. The summed E-state index contributed by atoms with van der Waals surface area (Å²) in [5.41, 5.74) is 10.7. The van der Waals surface area contributed by atoms with Gasteiger partial charge in [0.2, 0.25) is 0 Å². The van der Waals surface area contributed by atoms with Crippen LogP contribution in [0.5, 0.6) is 0 Å². The number of nitrogens with two attached hydrogens (primary N) is 1. The van der Waals surface area contributed by atoms with Crippen molar-refractivity contribution in [2.24, 2.45) is 10.2 Å². The summed E-state index contributed by atoms with van der Waals surface area (Å²) in [6.45, 7) is 0. The average Bonchev–Trinajstić information content (AvgIpc) is 2.88. The van der Waals surface area contributed by atoms with Crippen molar-refractivity contribution >= 4 is 38.0 Å². The minimum atomic E-state index is -4.50. The Morgan fingerprint density at radius 3 is 2.00 bits per heavy atom. The van der Waals surface area contributed by atoms with Gasteiger partial charge in [-0.2, -0.15) is 8.42 Å². The molecule has 4 aromatic carbocycles. The molecule has 1 aromatic heterocycles. The molecule has 5 aromatic rings. The summed E-state index contributed by atoms with van der Waals surface area (Å²) in [7, 11) is -4.50. The van der Waals surface area contributed by atoms with E-state index < -0.39 is 10.1 Å². The molecule has 0 aliphatic rings. The first-order valence-electron chi connectivity index (χ1n) is 10.7. The third-order valence-electron chi connectivity index (χ3n) is 5.58. The second-order valence-corrected chi connectivity index (χ2v) is 9.24. The Morgan fingerprint density at radius 1 is 0.743 bits per heavy atom. The number of fused-ring (bicyclic) bond motifs is 1. The molecule has 1 heterocycles. The second kappa shape index (κ2) is 9.09. The summed E-state index contributed by atoms with van der Waals surface area (Å²) < 4.78 is 33.7. The maximum atomic E-state index is 12.0. The Labute approximate surface area is 202 Å². The van der Waals surface area contributed by atoms with E-state index in [2.05, 4.69) is 15.2 Å². The fourth-order valence-corrected chi connectivity index (χ4v) is 4.65. The molecule has 0 amide bonds. The fraction of sp³-hybridized carbons (Fsp3) is 0. The van der Waals surface area contributed by atoms with E-state index in [1.165, 1.54) is 6.07 Å². The van der Waals surface area contributed by atoms with Crippen molar-refractivity contribution in [3.05, 3.63) is 103 Å². The van der Waals surface area contributed by atoms with Crippen LogP contribution in [0.25, 0.3) is 33.2 Å². The zero-order chi connectivity index (χ0) is 24.4. The molecule has 0 aliphatic carbocycles. The SMILES string of the molecule is Nc1c(N=Nc2cnc(-c3ccccc3)c(-c3ccccc3)c2)cc(S(=O)(=O)O)c2ccccc12. The molecule has 0 spiro atoms. The molecule has 5 rings (SSSR count). The van der Waals surface area contributed by atoms with E-state index in [-0.39, 0.29) is 16.3 Å². The largest absolute Gasteiger partial charge is 0.396 e. The first-order chi connectivity index (χ1) is 16.9. The van der Waals surface area contributed by atoms with Crippen LogP contribution in [-0.2, 0) is 10.1 Å². The standard InChI is InChI=1S/C27H20N4O3S/c28-26-22-14-8-7-13-21(22)25(35(32,33)34)16-24(26)31-30-20-15-23(18-9-3-1-4-10-18)27(29-17-20)19-11-5-2-6-12-19/h1-17H,28H2,(H,32,33,34). The maximum Gasteiger partial charge on any atom is 0.295 e. The van der Waals surface area contributed by atoms with E-state index in [0.717, 1.165) is 22.4 Å². The molecule has 0 radical (unpaired) electrons. The van der Waals surface area contributed by atoms with Crippen molar-refractivity contribution in [3.63, 3.8) is 0 Å². The zero-order valence-corrected chi connectivity index (χ0v) is 19.2. The number of benzene rings is 4. The lowest BCUT2D eigenvalue weighted by Gasteiger charge is -2.11. The average molecular weight is 481 g/mol. The Bertz CT molecular complexity index is 1670. The highest BCUT2D eigenvalue weighted by Gasteiger charge is 2.18. The number of anilines is 1. The van der Waals surface area contributed by atoms with E-state index in [0.29, 0.717) is 16.5 Å². The first kappa shape index (κ1) is 22.4. The smallest absolute Gasteiger partial charge is 0.295 e. The number of nitrogens with zero attached hydrogens (tertiary/aromatic N) is 3. The van der Waals surface area contributed by atoms with Gasteiger partial charge < -0.3 is 5.73 Å². The van der Waals surface area contributed by atoms with Crippen molar-refractivity contribution in [3.8, 4) is 22.4 Å². The number of rotatable bonds is 5. The third-order valence-corrected chi connectivity index (χ3v) is 6.48. The van der Waals surface area contributed by atoms with Gasteiger partial charge in [0.25, 0.3) is 10.1 Å². The number of nitrogen functional groups attached to an aromatic ring is 1. The first-order valence-corrected chi connectivity index (χ1v) is 12.2. The van der Waals surface area contributed by atoms with Crippen LogP contribution in [0, 0.1) is 0 Å². The Morgan fingerprint density at radius 2 is 1.34 bits per heavy atom. The molecule has 0 saturated heterocycles. The molecule has 0 fully saturated rings. The molecule has 0 saturated carbocycles. The summed E-state index contributed by atoms with van der Waals surface area (Å²) in [6, 6.07) is 29.4. The van der Waals surface area contributed by atoms with Crippen LogP contribution in [-0.4, -0.2) is 18.0 Å². The summed E-state index contributed by atoms with van der Waals surface area (Å²) in [5.74, 6) is 0. The second-order valence-electron chi connectivity index (χ2n) is 7.85. The lowest BCUT2D eigenvalue weighted by molar-refractivity contribution is 0.484. The highest BCUT2D eigenvalue weighted by atomic mass is 32.2. The molecular weight excluding hydrogens is 460 g/mol. The van der Waals surface area contributed by atoms with E-state index in [1.54, 1.807) is 30.5 Å². The summed E-state index contributed by atoms with van der Waals surface area (Å²) in [6.07, 6.45) is 1.60. The highest BCUT2D eigenvalue weighted by molar-refractivity contribution is 7.86. The maximum absolute atomic E-state index is 12.0. The highest BCUT2D eigenvalue weighted by Crippen LogP contribution is 2.38. The lowest BCUT2D eigenvalue weighted by Crippen LogP contribution is -2.01. The van der Waals surface area contributed by atoms with Gasteiger partial charge in [-0.05, 0) is 17.7 Å². The summed E-state index contributed by atoms with van der Waals surface area (Å²) >= 11 is 0. The van der Waals surface area contributed by atoms with Crippen LogP contribution in [0.4, 0.5) is 17.1 Å². The Kier molecular flexibility index (Phi) is 5.82. The van der Waals surface area contributed by atoms with E-state index in [1.807, 2.05) is 66.7 Å². The molecule has 172 valence electrons. The number of aromatic nitrogens is 1. The van der Waals surface area contributed by atoms with Gasteiger partial charge in [-0.25, -0.2) is 0 Å². The summed E-state index contributed by atoms with van der Waals surface area (Å²) in [5, 5.41) is 9.29. The zero-order valence-electron chi connectivity index (χ0n) is 18.4. The van der Waals surface area contributed by atoms with E-state index in [4.69, 9.17) is 5.73 Å². The van der Waals surface area contributed by atoms with Gasteiger partial charge in [0.05, 0.1) is 17.6 Å². The molecule has 35 heavy (non-hydrogen) atoms. The van der Waals surface area contributed by atoms with Gasteiger partial charge in [-0.15, -0.1) is 10.2 Å². The predicted molar refractivity (Wildman–Crippen MR) is 137 cm³/mol. The van der Waals surface area contributed by atoms with Crippen molar-refractivity contribution in [1.82, 2.24) is 4.98 Å². The van der Waals surface area contributed by atoms with Gasteiger partial charge in [-0.1, -0.05) is 84.9 Å². The molecule has 0 atom stereocenters. The van der Waals surface area contributed by atoms with Gasteiger partial charge in [0.15, 0.2) is 0 Å². The Balaban J connectivity index is 1.63. The van der Waals surface area contributed by atoms with Crippen molar-refractivity contribution in [2.75, 3.05) is 5.73 Å². The normalized spacial score (nSPS) is 11.8. The van der Waals surface area contributed by atoms with Crippen molar-refractivity contribution < 1.29 is 13.0 Å². The fourth-order valence-electron chi connectivity index (χ4n) is 3.93. The summed E-state index contributed by atoms with van der Waals surface area (Å²) in [4.78, 5) is 4.37. The van der Waals surface area contributed by atoms with Crippen molar-refractivity contribution in [2.45, 2.75) is 4.90 Å². The van der Waals surface area contributed by atoms with Crippen LogP contribution >= 0.6 is 0 Å². The quantitative estimate of drug-likeness (QED) is 0.163. The lowest BCUT2D eigenvalue weighted by atomic mass is 9.99. The number of hydrogen-bond donors (Lipinski definition) is 2. The molecule has 7 nitrogen and oxygen atoms in total.